The summed E-state index contributed by atoms with van der Waals surface area (Å²) in [6.45, 7) is 6.07. The SMILES string of the molecule is COc1ccc(F)c(NC(=O)CSC(C)(C)C)c1. The van der Waals surface area contributed by atoms with Crippen LogP contribution in [-0.4, -0.2) is 23.5 Å². The molecule has 0 aromatic heterocycles. The molecule has 0 radical (unpaired) electrons. The van der Waals surface area contributed by atoms with Gasteiger partial charge in [0, 0.05) is 10.8 Å². The monoisotopic (exact) mass is 271 g/mol. The van der Waals surface area contributed by atoms with E-state index in [0.717, 1.165) is 0 Å². The van der Waals surface area contributed by atoms with E-state index in [0.29, 0.717) is 11.5 Å². The van der Waals surface area contributed by atoms with Crippen molar-refractivity contribution < 1.29 is 13.9 Å². The third-order valence-electron chi connectivity index (χ3n) is 2.08. The summed E-state index contributed by atoms with van der Waals surface area (Å²) in [6, 6.07) is 4.25. The van der Waals surface area contributed by atoms with Gasteiger partial charge in [0.2, 0.25) is 5.91 Å². The zero-order chi connectivity index (χ0) is 13.8. The molecular formula is C13H18FNO2S. The van der Waals surface area contributed by atoms with E-state index in [1.807, 2.05) is 20.8 Å². The third kappa shape index (κ3) is 4.96. The first-order valence-electron chi connectivity index (χ1n) is 5.59. The number of rotatable bonds is 4. The number of carbonyl (C=O) groups is 1. The van der Waals surface area contributed by atoms with Gasteiger partial charge in [0.15, 0.2) is 0 Å². The summed E-state index contributed by atoms with van der Waals surface area (Å²) < 4.78 is 18.5. The molecule has 0 saturated carbocycles. The largest absolute Gasteiger partial charge is 0.497 e. The molecule has 100 valence electrons. The van der Waals surface area contributed by atoms with Gasteiger partial charge in [-0.15, -0.1) is 11.8 Å². The van der Waals surface area contributed by atoms with Gasteiger partial charge in [-0.1, -0.05) is 20.8 Å². The molecule has 1 N–H and O–H groups in total. The fraction of sp³-hybridized carbons (Fsp3) is 0.462. The highest BCUT2D eigenvalue weighted by Crippen LogP contribution is 2.24. The van der Waals surface area contributed by atoms with E-state index in [4.69, 9.17) is 4.74 Å². The van der Waals surface area contributed by atoms with Crippen molar-refractivity contribution in [1.29, 1.82) is 0 Å². The van der Waals surface area contributed by atoms with Crippen LogP contribution >= 0.6 is 11.8 Å². The number of carbonyl (C=O) groups excluding carboxylic acids is 1. The average molecular weight is 271 g/mol. The smallest absolute Gasteiger partial charge is 0.234 e. The van der Waals surface area contributed by atoms with Crippen LogP contribution in [0.1, 0.15) is 20.8 Å². The van der Waals surface area contributed by atoms with Gasteiger partial charge in [-0.2, -0.15) is 0 Å². The van der Waals surface area contributed by atoms with Gasteiger partial charge in [-0.05, 0) is 12.1 Å². The molecule has 0 aliphatic carbocycles. The maximum Gasteiger partial charge on any atom is 0.234 e. The number of thioether (sulfide) groups is 1. The maximum atomic E-state index is 13.5. The number of benzene rings is 1. The van der Waals surface area contributed by atoms with E-state index in [2.05, 4.69) is 5.32 Å². The molecule has 0 aliphatic rings. The summed E-state index contributed by atoms with van der Waals surface area (Å²) in [7, 11) is 1.49. The number of hydrogen-bond donors (Lipinski definition) is 1. The van der Waals surface area contributed by atoms with Crippen molar-refractivity contribution >= 4 is 23.4 Å². The lowest BCUT2D eigenvalue weighted by Crippen LogP contribution is -2.19. The lowest BCUT2D eigenvalue weighted by Gasteiger charge is -2.17. The number of hydrogen-bond acceptors (Lipinski definition) is 3. The molecule has 0 atom stereocenters. The van der Waals surface area contributed by atoms with Gasteiger partial charge in [0.1, 0.15) is 11.6 Å². The molecule has 18 heavy (non-hydrogen) atoms. The summed E-state index contributed by atoms with van der Waals surface area (Å²) in [6.07, 6.45) is 0. The van der Waals surface area contributed by atoms with E-state index < -0.39 is 5.82 Å². The van der Waals surface area contributed by atoms with E-state index in [9.17, 15) is 9.18 Å². The van der Waals surface area contributed by atoms with Crippen molar-refractivity contribution in [2.24, 2.45) is 0 Å². The molecule has 1 amide bonds. The van der Waals surface area contributed by atoms with Crippen LogP contribution in [0.15, 0.2) is 18.2 Å². The second-order valence-corrected chi connectivity index (χ2v) is 6.60. The van der Waals surface area contributed by atoms with Crippen molar-refractivity contribution in [3.05, 3.63) is 24.0 Å². The Kier molecular flexibility index (Phi) is 5.02. The van der Waals surface area contributed by atoms with Crippen LogP contribution in [-0.2, 0) is 4.79 Å². The lowest BCUT2D eigenvalue weighted by atomic mass is 10.3. The van der Waals surface area contributed by atoms with Crippen LogP contribution in [0.25, 0.3) is 0 Å². The topological polar surface area (TPSA) is 38.3 Å². The summed E-state index contributed by atoms with van der Waals surface area (Å²) in [5, 5.41) is 2.54. The van der Waals surface area contributed by atoms with Crippen molar-refractivity contribution in [1.82, 2.24) is 0 Å². The van der Waals surface area contributed by atoms with E-state index in [1.54, 1.807) is 0 Å². The van der Waals surface area contributed by atoms with Gasteiger partial charge in [0.25, 0.3) is 0 Å². The van der Waals surface area contributed by atoms with Crippen molar-refractivity contribution in [3.63, 3.8) is 0 Å². The molecular weight excluding hydrogens is 253 g/mol. The Bertz CT molecular complexity index is 429. The number of nitrogens with one attached hydrogen (secondary N) is 1. The molecule has 3 nitrogen and oxygen atoms in total. The Morgan fingerprint density at radius 2 is 2.11 bits per heavy atom. The second kappa shape index (κ2) is 6.09. The van der Waals surface area contributed by atoms with E-state index >= 15 is 0 Å². The van der Waals surface area contributed by atoms with Crippen LogP contribution in [0.2, 0.25) is 0 Å². The van der Waals surface area contributed by atoms with Crippen LogP contribution in [0.5, 0.6) is 5.75 Å². The van der Waals surface area contributed by atoms with Gasteiger partial charge in [0.05, 0.1) is 18.6 Å². The first-order valence-corrected chi connectivity index (χ1v) is 6.58. The minimum atomic E-state index is -0.468. The Labute approximate surface area is 111 Å². The minimum absolute atomic E-state index is 0.00423. The Morgan fingerprint density at radius 1 is 1.44 bits per heavy atom. The molecule has 0 aliphatic heterocycles. The number of methoxy groups -OCH3 is 1. The molecule has 0 saturated heterocycles. The zero-order valence-electron chi connectivity index (χ0n) is 11.0. The van der Waals surface area contributed by atoms with Gasteiger partial charge in [-0.25, -0.2) is 4.39 Å². The summed E-state index contributed by atoms with van der Waals surface area (Å²) in [5.74, 6) is 0.113. The van der Waals surface area contributed by atoms with Crippen molar-refractivity contribution in [2.45, 2.75) is 25.5 Å². The fourth-order valence-corrected chi connectivity index (χ4v) is 1.83. The summed E-state index contributed by atoms with van der Waals surface area (Å²) in [4.78, 5) is 11.7. The predicted octanol–water partition coefficient (Wildman–Crippen LogP) is 3.30. The fourth-order valence-electron chi connectivity index (χ4n) is 1.20. The first-order chi connectivity index (χ1) is 8.31. The van der Waals surface area contributed by atoms with Crippen molar-refractivity contribution in [3.8, 4) is 5.75 Å². The minimum Gasteiger partial charge on any atom is -0.497 e. The van der Waals surface area contributed by atoms with Gasteiger partial charge in [-0.3, -0.25) is 4.79 Å². The van der Waals surface area contributed by atoms with Crippen LogP contribution in [0.3, 0.4) is 0 Å². The van der Waals surface area contributed by atoms with Crippen LogP contribution in [0.4, 0.5) is 10.1 Å². The quantitative estimate of drug-likeness (QED) is 0.913. The molecule has 1 aromatic carbocycles. The molecule has 5 heteroatoms. The number of anilines is 1. The number of ether oxygens (including phenoxy) is 1. The molecule has 1 aromatic rings. The molecule has 0 unspecified atom stereocenters. The number of amides is 1. The second-order valence-electron chi connectivity index (χ2n) is 4.80. The normalized spacial score (nSPS) is 11.2. The highest BCUT2D eigenvalue weighted by molar-refractivity contribution is 8.01. The Balaban J connectivity index is 2.64. The van der Waals surface area contributed by atoms with Gasteiger partial charge < -0.3 is 10.1 Å². The van der Waals surface area contributed by atoms with E-state index in [-0.39, 0.29) is 16.3 Å². The first kappa shape index (κ1) is 14.8. The average Bonchev–Trinajstić information content (AvgIpc) is 2.28. The highest BCUT2D eigenvalue weighted by atomic mass is 32.2. The molecule has 0 heterocycles. The Hall–Kier alpha value is -1.23. The standard InChI is InChI=1S/C13H18FNO2S/c1-13(2,3)18-8-12(16)15-11-7-9(17-4)5-6-10(11)14/h5-7H,8H2,1-4H3,(H,15,16). The highest BCUT2D eigenvalue weighted by Gasteiger charge is 2.14. The lowest BCUT2D eigenvalue weighted by molar-refractivity contribution is -0.113. The molecule has 0 fully saturated rings. The number of halogens is 1. The molecule has 0 spiro atoms. The predicted molar refractivity (Wildman–Crippen MR) is 73.8 cm³/mol. The Morgan fingerprint density at radius 3 is 2.67 bits per heavy atom. The van der Waals surface area contributed by atoms with Crippen LogP contribution < -0.4 is 10.1 Å². The zero-order valence-corrected chi connectivity index (χ0v) is 11.9. The van der Waals surface area contributed by atoms with Crippen LogP contribution in [0, 0.1) is 5.82 Å². The maximum absolute atomic E-state index is 13.5. The summed E-state index contributed by atoms with van der Waals surface area (Å²) in [5.41, 5.74) is 0.147. The van der Waals surface area contributed by atoms with E-state index in [1.165, 1.54) is 37.1 Å². The van der Waals surface area contributed by atoms with Crippen molar-refractivity contribution in [2.75, 3.05) is 18.2 Å². The van der Waals surface area contributed by atoms with Gasteiger partial charge >= 0.3 is 0 Å². The molecule has 1 rings (SSSR count). The summed E-state index contributed by atoms with van der Waals surface area (Å²) >= 11 is 1.51. The molecule has 0 bridgehead atoms. The third-order valence-corrected chi connectivity index (χ3v) is 3.36.